The number of benzene rings is 1. The average Bonchev–Trinajstić information content (AvgIpc) is 2.39. The summed E-state index contributed by atoms with van der Waals surface area (Å²) in [5, 5.41) is 18.8. The normalized spacial score (nSPS) is 15.5. The number of aliphatic hydroxyl groups excluding tert-OH is 1. The lowest BCUT2D eigenvalue weighted by Gasteiger charge is -2.22. The van der Waals surface area contributed by atoms with Crippen LogP contribution in [0, 0.1) is 17.2 Å². The van der Waals surface area contributed by atoms with Crippen LogP contribution in [-0.4, -0.2) is 17.4 Å². The minimum Gasteiger partial charge on any atom is -0.471 e. The smallest absolute Gasteiger partial charge is 0.173 e. The topological polar surface area (TPSA) is 79.3 Å². The van der Waals surface area contributed by atoms with Gasteiger partial charge in [0.25, 0.3) is 0 Å². The van der Waals surface area contributed by atoms with E-state index in [0.717, 1.165) is 6.42 Å². The molecule has 0 fully saturated rings. The van der Waals surface area contributed by atoms with Gasteiger partial charge in [0.15, 0.2) is 6.23 Å². The standard InChI is InChI=1S/C14H20N2O2/c1-3-10(2)8-12(17)14(16)18-13-7-5-4-6-11(13)9-15/h4-7,10,12,14,17H,3,8,16H2,1-2H3. The fourth-order valence-electron chi connectivity index (χ4n) is 1.60. The van der Waals surface area contributed by atoms with E-state index in [9.17, 15) is 5.11 Å². The van der Waals surface area contributed by atoms with Crippen LogP contribution >= 0.6 is 0 Å². The molecule has 4 nitrogen and oxygen atoms in total. The van der Waals surface area contributed by atoms with Crippen LogP contribution in [0.4, 0.5) is 0 Å². The largest absolute Gasteiger partial charge is 0.471 e. The molecule has 1 rings (SSSR count). The number of hydrogen-bond donors (Lipinski definition) is 2. The van der Waals surface area contributed by atoms with Crippen LogP contribution in [0.2, 0.25) is 0 Å². The second kappa shape index (κ2) is 7.00. The summed E-state index contributed by atoms with van der Waals surface area (Å²) >= 11 is 0. The highest BCUT2D eigenvalue weighted by Crippen LogP contribution is 2.19. The molecule has 0 aliphatic carbocycles. The average molecular weight is 248 g/mol. The van der Waals surface area contributed by atoms with Gasteiger partial charge in [-0.2, -0.15) is 5.26 Å². The molecular weight excluding hydrogens is 228 g/mol. The molecule has 1 aromatic rings. The zero-order chi connectivity index (χ0) is 13.5. The maximum Gasteiger partial charge on any atom is 0.173 e. The van der Waals surface area contributed by atoms with Crippen LogP contribution < -0.4 is 10.5 Å². The molecule has 0 spiro atoms. The molecule has 0 heterocycles. The van der Waals surface area contributed by atoms with Gasteiger partial charge in [0.1, 0.15) is 17.9 Å². The van der Waals surface area contributed by atoms with E-state index in [2.05, 4.69) is 13.8 Å². The molecular formula is C14H20N2O2. The van der Waals surface area contributed by atoms with E-state index in [1.165, 1.54) is 0 Å². The Morgan fingerprint density at radius 1 is 1.44 bits per heavy atom. The van der Waals surface area contributed by atoms with E-state index < -0.39 is 12.3 Å². The Morgan fingerprint density at radius 3 is 2.72 bits per heavy atom. The monoisotopic (exact) mass is 248 g/mol. The van der Waals surface area contributed by atoms with Gasteiger partial charge in [0, 0.05) is 0 Å². The summed E-state index contributed by atoms with van der Waals surface area (Å²) in [5.41, 5.74) is 6.21. The first-order valence-electron chi connectivity index (χ1n) is 6.17. The van der Waals surface area contributed by atoms with Crippen molar-refractivity contribution in [3.8, 4) is 11.8 Å². The molecule has 3 N–H and O–H groups in total. The van der Waals surface area contributed by atoms with Gasteiger partial charge in [0.05, 0.1) is 5.56 Å². The third-order valence-electron chi connectivity index (χ3n) is 2.99. The molecule has 0 aromatic heterocycles. The summed E-state index contributed by atoms with van der Waals surface area (Å²) < 4.78 is 5.45. The Bertz CT molecular complexity index is 415. The SMILES string of the molecule is CCC(C)CC(O)C(N)Oc1ccccc1C#N. The second-order valence-electron chi connectivity index (χ2n) is 4.51. The molecule has 18 heavy (non-hydrogen) atoms. The van der Waals surface area contributed by atoms with E-state index in [-0.39, 0.29) is 0 Å². The molecule has 0 saturated heterocycles. The number of aliphatic hydroxyl groups is 1. The van der Waals surface area contributed by atoms with Crippen molar-refractivity contribution in [1.29, 1.82) is 5.26 Å². The highest BCUT2D eigenvalue weighted by Gasteiger charge is 2.19. The second-order valence-corrected chi connectivity index (χ2v) is 4.51. The predicted octanol–water partition coefficient (Wildman–Crippen LogP) is 2.02. The van der Waals surface area contributed by atoms with Crippen molar-refractivity contribution in [1.82, 2.24) is 0 Å². The Morgan fingerprint density at radius 2 is 2.11 bits per heavy atom. The maximum absolute atomic E-state index is 9.91. The third-order valence-corrected chi connectivity index (χ3v) is 2.99. The van der Waals surface area contributed by atoms with Crippen molar-refractivity contribution >= 4 is 0 Å². The van der Waals surface area contributed by atoms with Gasteiger partial charge in [0.2, 0.25) is 0 Å². The van der Waals surface area contributed by atoms with E-state index in [4.69, 9.17) is 15.7 Å². The first-order chi connectivity index (χ1) is 8.58. The Balaban J connectivity index is 2.64. The predicted molar refractivity (Wildman–Crippen MR) is 69.8 cm³/mol. The number of rotatable bonds is 6. The van der Waals surface area contributed by atoms with Gasteiger partial charge >= 0.3 is 0 Å². The van der Waals surface area contributed by atoms with Crippen molar-refractivity contribution in [3.63, 3.8) is 0 Å². The maximum atomic E-state index is 9.91. The third kappa shape index (κ3) is 4.02. The van der Waals surface area contributed by atoms with Crippen LogP contribution in [-0.2, 0) is 0 Å². The molecule has 0 bridgehead atoms. The van der Waals surface area contributed by atoms with Crippen molar-refractivity contribution in [2.75, 3.05) is 0 Å². The molecule has 98 valence electrons. The lowest BCUT2D eigenvalue weighted by atomic mass is 10.0. The lowest BCUT2D eigenvalue weighted by molar-refractivity contribution is 0.0249. The van der Waals surface area contributed by atoms with Gasteiger partial charge in [-0.05, 0) is 24.5 Å². The minimum absolute atomic E-state index is 0.390. The number of nitrogens with two attached hydrogens (primary N) is 1. The van der Waals surface area contributed by atoms with Crippen LogP contribution in [0.1, 0.15) is 32.3 Å². The van der Waals surface area contributed by atoms with Crippen LogP contribution in [0.15, 0.2) is 24.3 Å². The zero-order valence-corrected chi connectivity index (χ0v) is 10.8. The minimum atomic E-state index is -0.812. The number of nitrogens with zero attached hydrogens (tertiary/aromatic N) is 1. The number of ether oxygens (including phenoxy) is 1. The van der Waals surface area contributed by atoms with E-state index in [1.807, 2.05) is 6.07 Å². The number of nitriles is 1. The molecule has 0 amide bonds. The van der Waals surface area contributed by atoms with Gasteiger partial charge in [-0.3, -0.25) is 5.73 Å². The summed E-state index contributed by atoms with van der Waals surface area (Å²) in [6.45, 7) is 4.12. The van der Waals surface area contributed by atoms with Crippen molar-refractivity contribution in [2.45, 2.75) is 39.0 Å². The Kier molecular flexibility index (Phi) is 5.63. The molecule has 3 atom stereocenters. The van der Waals surface area contributed by atoms with E-state index >= 15 is 0 Å². The molecule has 3 unspecified atom stereocenters. The van der Waals surface area contributed by atoms with E-state index in [0.29, 0.717) is 23.7 Å². The summed E-state index contributed by atoms with van der Waals surface area (Å²) in [7, 11) is 0. The van der Waals surface area contributed by atoms with Crippen LogP contribution in [0.25, 0.3) is 0 Å². The summed E-state index contributed by atoms with van der Waals surface area (Å²) in [4.78, 5) is 0. The van der Waals surface area contributed by atoms with Crippen molar-refractivity contribution in [3.05, 3.63) is 29.8 Å². The first-order valence-corrected chi connectivity index (χ1v) is 6.17. The zero-order valence-electron chi connectivity index (χ0n) is 10.8. The molecule has 0 saturated carbocycles. The van der Waals surface area contributed by atoms with Crippen molar-refractivity contribution in [2.24, 2.45) is 11.7 Å². The van der Waals surface area contributed by atoms with Gasteiger partial charge in [-0.15, -0.1) is 0 Å². The first kappa shape index (κ1) is 14.5. The van der Waals surface area contributed by atoms with Crippen LogP contribution in [0.3, 0.4) is 0 Å². The molecule has 1 aromatic carbocycles. The highest BCUT2D eigenvalue weighted by molar-refractivity contribution is 5.42. The molecule has 4 heteroatoms. The van der Waals surface area contributed by atoms with Gasteiger partial charge < -0.3 is 9.84 Å². The van der Waals surface area contributed by atoms with E-state index in [1.54, 1.807) is 24.3 Å². The Labute approximate surface area is 108 Å². The van der Waals surface area contributed by atoms with Gasteiger partial charge in [-0.25, -0.2) is 0 Å². The Hall–Kier alpha value is -1.57. The fraction of sp³-hybridized carbons (Fsp3) is 0.500. The summed E-state index contributed by atoms with van der Waals surface area (Å²) in [6, 6.07) is 8.88. The molecule has 0 aliphatic rings. The highest BCUT2D eigenvalue weighted by atomic mass is 16.5. The van der Waals surface area contributed by atoms with Gasteiger partial charge in [-0.1, -0.05) is 32.4 Å². The van der Waals surface area contributed by atoms with Crippen LogP contribution in [0.5, 0.6) is 5.75 Å². The fourth-order valence-corrected chi connectivity index (χ4v) is 1.60. The number of hydrogen-bond acceptors (Lipinski definition) is 4. The van der Waals surface area contributed by atoms with Crippen molar-refractivity contribution < 1.29 is 9.84 Å². The number of para-hydroxylation sites is 1. The molecule has 0 radical (unpaired) electrons. The summed E-state index contributed by atoms with van der Waals surface area (Å²) in [5.74, 6) is 0.802. The summed E-state index contributed by atoms with van der Waals surface area (Å²) in [6.07, 6.45) is 0.0329. The quantitative estimate of drug-likeness (QED) is 0.755. The molecule has 0 aliphatic heterocycles. The lowest BCUT2D eigenvalue weighted by Crippen LogP contribution is -2.40.